The molecule has 3 nitrogen and oxygen atoms in total. The van der Waals surface area contributed by atoms with Gasteiger partial charge in [-0.15, -0.1) is 11.6 Å². The maximum atomic E-state index is 13.9. The predicted octanol–water partition coefficient (Wildman–Crippen LogP) is 4.35. The second-order valence-corrected chi connectivity index (χ2v) is 6.07. The SMILES string of the molecule is CCOC1CC(n2c(C(C)Cl)nc3c(F)cc(F)cc32)C1. The number of rotatable bonds is 4. The molecule has 0 spiro atoms. The average Bonchev–Trinajstić information content (AvgIpc) is 2.73. The Labute approximate surface area is 126 Å². The molecular formula is C15H17ClF2N2O. The van der Waals surface area contributed by atoms with Crippen LogP contribution in [0.5, 0.6) is 0 Å². The van der Waals surface area contributed by atoms with Gasteiger partial charge in [-0.05, 0) is 32.8 Å². The lowest BCUT2D eigenvalue weighted by molar-refractivity contribution is -0.0193. The standard InChI is InChI=1S/C15H17ClF2N2O/c1-3-21-11-6-10(7-11)20-13-5-9(17)4-12(18)14(13)19-15(20)8(2)16/h4-5,8,10-11H,3,6-7H2,1-2H3. The van der Waals surface area contributed by atoms with Gasteiger partial charge in [-0.3, -0.25) is 0 Å². The van der Waals surface area contributed by atoms with E-state index in [0.717, 1.165) is 18.9 Å². The van der Waals surface area contributed by atoms with Crippen LogP contribution in [0.1, 0.15) is 43.9 Å². The fraction of sp³-hybridized carbons (Fsp3) is 0.533. The normalized spacial score (nSPS) is 23.3. The smallest absolute Gasteiger partial charge is 0.153 e. The van der Waals surface area contributed by atoms with E-state index in [2.05, 4.69) is 4.98 Å². The van der Waals surface area contributed by atoms with E-state index in [-0.39, 0.29) is 23.0 Å². The highest BCUT2D eigenvalue weighted by Gasteiger charge is 2.34. The Kier molecular flexibility index (Phi) is 3.88. The number of aromatic nitrogens is 2. The molecule has 1 heterocycles. The third kappa shape index (κ3) is 2.53. The maximum absolute atomic E-state index is 13.9. The van der Waals surface area contributed by atoms with Gasteiger partial charge < -0.3 is 9.30 Å². The molecule has 0 radical (unpaired) electrons. The van der Waals surface area contributed by atoms with E-state index >= 15 is 0 Å². The number of benzene rings is 1. The van der Waals surface area contributed by atoms with Crippen LogP contribution in [0.25, 0.3) is 11.0 Å². The van der Waals surface area contributed by atoms with Crippen molar-refractivity contribution < 1.29 is 13.5 Å². The van der Waals surface area contributed by atoms with Gasteiger partial charge >= 0.3 is 0 Å². The third-order valence-corrected chi connectivity index (χ3v) is 4.13. The Morgan fingerprint density at radius 1 is 1.43 bits per heavy atom. The van der Waals surface area contributed by atoms with Crippen molar-refractivity contribution in [2.45, 2.75) is 44.2 Å². The molecule has 1 aliphatic rings. The number of hydrogen-bond acceptors (Lipinski definition) is 2. The lowest BCUT2D eigenvalue weighted by atomic mass is 9.88. The van der Waals surface area contributed by atoms with E-state index in [9.17, 15) is 8.78 Å². The number of alkyl halides is 1. The van der Waals surface area contributed by atoms with Crippen molar-refractivity contribution in [3.8, 4) is 0 Å². The van der Waals surface area contributed by atoms with Crippen molar-refractivity contribution >= 4 is 22.6 Å². The first-order valence-corrected chi connectivity index (χ1v) is 7.57. The van der Waals surface area contributed by atoms with Crippen molar-refractivity contribution in [3.63, 3.8) is 0 Å². The Morgan fingerprint density at radius 2 is 2.14 bits per heavy atom. The highest BCUT2D eigenvalue weighted by molar-refractivity contribution is 6.20. The van der Waals surface area contributed by atoms with Crippen molar-refractivity contribution in [1.82, 2.24) is 9.55 Å². The van der Waals surface area contributed by atoms with Gasteiger partial charge in [-0.1, -0.05) is 0 Å². The van der Waals surface area contributed by atoms with Crippen LogP contribution >= 0.6 is 11.6 Å². The first-order chi connectivity index (χ1) is 10.0. The molecule has 0 amide bonds. The molecule has 1 aromatic carbocycles. The summed E-state index contributed by atoms with van der Waals surface area (Å²) in [5.74, 6) is -0.672. The number of fused-ring (bicyclic) bond motifs is 1. The maximum Gasteiger partial charge on any atom is 0.153 e. The molecule has 0 N–H and O–H groups in total. The fourth-order valence-electron chi connectivity index (χ4n) is 2.92. The number of nitrogens with zero attached hydrogens (tertiary/aromatic N) is 2. The largest absolute Gasteiger partial charge is 0.378 e. The molecule has 0 bridgehead atoms. The molecule has 21 heavy (non-hydrogen) atoms. The second-order valence-electron chi connectivity index (χ2n) is 5.41. The summed E-state index contributed by atoms with van der Waals surface area (Å²) in [5, 5.41) is -0.369. The molecule has 3 rings (SSSR count). The van der Waals surface area contributed by atoms with Crippen molar-refractivity contribution in [1.29, 1.82) is 0 Å². The Bertz CT molecular complexity index is 665. The minimum atomic E-state index is -0.650. The molecule has 114 valence electrons. The molecule has 1 atom stereocenters. The van der Waals surface area contributed by atoms with E-state index < -0.39 is 11.6 Å². The van der Waals surface area contributed by atoms with Crippen LogP contribution in [0, 0.1) is 11.6 Å². The van der Waals surface area contributed by atoms with Crippen molar-refractivity contribution in [3.05, 3.63) is 29.6 Å². The third-order valence-electron chi connectivity index (χ3n) is 3.93. The monoisotopic (exact) mass is 314 g/mol. The summed E-state index contributed by atoms with van der Waals surface area (Å²) >= 11 is 6.16. The second kappa shape index (κ2) is 5.54. The lowest BCUT2D eigenvalue weighted by Gasteiger charge is -2.37. The van der Waals surface area contributed by atoms with Crippen LogP contribution in [0.15, 0.2) is 12.1 Å². The molecule has 1 fully saturated rings. The van der Waals surface area contributed by atoms with E-state index in [1.54, 1.807) is 6.92 Å². The summed E-state index contributed by atoms with van der Waals surface area (Å²) in [6.07, 6.45) is 1.83. The first kappa shape index (κ1) is 14.7. The van der Waals surface area contributed by atoms with Crippen LogP contribution in [0.3, 0.4) is 0 Å². The van der Waals surface area contributed by atoms with E-state index in [0.29, 0.717) is 17.9 Å². The van der Waals surface area contributed by atoms with Crippen LogP contribution < -0.4 is 0 Å². The minimum absolute atomic E-state index is 0.129. The van der Waals surface area contributed by atoms with Gasteiger partial charge in [0.1, 0.15) is 17.2 Å². The van der Waals surface area contributed by atoms with E-state index in [4.69, 9.17) is 16.3 Å². The van der Waals surface area contributed by atoms with Crippen LogP contribution in [-0.2, 0) is 4.74 Å². The van der Waals surface area contributed by atoms with Gasteiger partial charge in [-0.2, -0.15) is 0 Å². The summed E-state index contributed by atoms with van der Waals surface area (Å²) in [7, 11) is 0. The Hall–Kier alpha value is -1.20. The Morgan fingerprint density at radius 3 is 2.76 bits per heavy atom. The number of halogens is 3. The highest BCUT2D eigenvalue weighted by Crippen LogP contribution is 2.40. The lowest BCUT2D eigenvalue weighted by Crippen LogP contribution is -2.34. The molecular weight excluding hydrogens is 298 g/mol. The summed E-state index contributed by atoms with van der Waals surface area (Å²) < 4.78 is 34.9. The zero-order chi connectivity index (χ0) is 15.1. The summed E-state index contributed by atoms with van der Waals surface area (Å²) in [5.41, 5.74) is 0.647. The first-order valence-electron chi connectivity index (χ1n) is 7.13. The summed E-state index contributed by atoms with van der Waals surface area (Å²) in [4.78, 5) is 4.28. The number of imidazole rings is 1. The molecule has 1 unspecified atom stereocenters. The van der Waals surface area contributed by atoms with E-state index in [1.807, 2.05) is 11.5 Å². The molecule has 1 aromatic heterocycles. The van der Waals surface area contributed by atoms with Gasteiger partial charge in [-0.25, -0.2) is 13.8 Å². The zero-order valence-corrected chi connectivity index (χ0v) is 12.7. The molecule has 2 aromatic rings. The number of ether oxygens (including phenoxy) is 1. The van der Waals surface area contributed by atoms with Gasteiger partial charge in [0, 0.05) is 18.7 Å². The van der Waals surface area contributed by atoms with Gasteiger partial charge in [0.2, 0.25) is 0 Å². The highest BCUT2D eigenvalue weighted by atomic mass is 35.5. The van der Waals surface area contributed by atoms with Crippen LogP contribution in [0.4, 0.5) is 8.78 Å². The fourth-order valence-corrected chi connectivity index (χ4v) is 3.08. The van der Waals surface area contributed by atoms with Crippen molar-refractivity contribution in [2.75, 3.05) is 6.61 Å². The molecule has 0 saturated heterocycles. The predicted molar refractivity (Wildman–Crippen MR) is 77.6 cm³/mol. The topological polar surface area (TPSA) is 27.1 Å². The Balaban J connectivity index is 2.05. The molecule has 1 aliphatic carbocycles. The van der Waals surface area contributed by atoms with Crippen LogP contribution in [0.2, 0.25) is 0 Å². The summed E-state index contributed by atoms with van der Waals surface area (Å²) in [6, 6.07) is 2.30. The van der Waals surface area contributed by atoms with Gasteiger partial charge in [0.05, 0.1) is 17.0 Å². The minimum Gasteiger partial charge on any atom is -0.378 e. The molecule has 6 heteroatoms. The average molecular weight is 315 g/mol. The summed E-state index contributed by atoms with van der Waals surface area (Å²) in [6.45, 7) is 4.41. The number of hydrogen-bond donors (Lipinski definition) is 0. The van der Waals surface area contributed by atoms with Gasteiger partial charge in [0.15, 0.2) is 5.82 Å². The molecule has 1 saturated carbocycles. The van der Waals surface area contributed by atoms with Crippen LogP contribution in [-0.4, -0.2) is 22.3 Å². The molecule has 0 aliphatic heterocycles. The quantitative estimate of drug-likeness (QED) is 0.784. The van der Waals surface area contributed by atoms with Crippen molar-refractivity contribution in [2.24, 2.45) is 0 Å². The zero-order valence-electron chi connectivity index (χ0n) is 11.9. The van der Waals surface area contributed by atoms with E-state index in [1.165, 1.54) is 6.07 Å². The van der Waals surface area contributed by atoms with Gasteiger partial charge in [0.25, 0.3) is 0 Å².